The van der Waals surface area contributed by atoms with Gasteiger partial charge in [-0.25, -0.2) is 4.99 Å². The molecule has 3 rings (SSSR count). The number of hydrogen-bond donors (Lipinski definition) is 2. The largest absolute Gasteiger partial charge is 0.353 e. The van der Waals surface area contributed by atoms with Crippen molar-refractivity contribution in [2.75, 3.05) is 20.6 Å². The molecule has 2 bridgehead atoms. The third-order valence-electron chi connectivity index (χ3n) is 6.02. The van der Waals surface area contributed by atoms with Crippen LogP contribution in [0, 0.1) is 25.7 Å². The number of halogens is 1. The van der Waals surface area contributed by atoms with Crippen LogP contribution in [-0.2, 0) is 18.4 Å². The monoisotopic (exact) mass is 488 g/mol. The van der Waals surface area contributed by atoms with Crippen molar-refractivity contribution in [2.24, 2.45) is 23.9 Å². The second-order valence-corrected chi connectivity index (χ2v) is 8.01. The topological polar surface area (TPSA) is 74.5 Å². The van der Waals surface area contributed by atoms with E-state index < -0.39 is 0 Å². The molecule has 2 fully saturated rings. The molecule has 0 radical (unpaired) electrons. The third-order valence-corrected chi connectivity index (χ3v) is 6.02. The highest BCUT2D eigenvalue weighted by Gasteiger charge is 2.39. The first-order chi connectivity index (χ1) is 12.3. The summed E-state index contributed by atoms with van der Waals surface area (Å²) in [7, 11) is 5.50. The number of fused-ring (bicyclic) bond motifs is 2. The summed E-state index contributed by atoms with van der Waals surface area (Å²) in [6.45, 7) is 4.91. The van der Waals surface area contributed by atoms with E-state index in [1.165, 1.54) is 25.7 Å². The summed E-state index contributed by atoms with van der Waals surface area (Å²) in [5.74, 6) is 2.39. The van der Waals surface area contributed by atoms with E-state index in [0.29, 0.717) is 12.6 Å². The van der Waals surface area contributed by atoms with Crippen molar-refractivity contribution in [1.82, 2.24) is 25.3 Å². The zero-order valence-electron chi connectivity index (χ0n) is 17.1. The highest BCUT2D eigenvalue weighted by molar-refractivity contribution is 14.0. The van der Waals surface area contributed by atoms with Gasteiger partial charge in [0.25, 0.3) is 0 Å². The number of likely N-dealkylation sites (N-methyl/N-ethyl adjacent to an activating group) is 1. The Morgan fingerprint density at radius 3 is 2.56 bits per heavy atom. The number of carbonyl (C=O) groups is 1. The highest BCUT2D eigenvalue weighted by Crippen LogP contribution is 2.44. The molecule has 2 aliphatic rings. The van der Waals surface area contributed by atoms with Gasteiger partial charge < -0.3 is 15.5 Å². The van der Waals surface area contributed by atoms with E-state index in [1.54, 1.807) is 19.0 Å². The van der Waals surface area contributed by atoms with Crippen LogP contribution in [0.4, 0.5) is 0 Å². The van der Waals surface area contributed by atoms with Gasteiger partial charge in [0, 0.05) is 38.4 Å². The Bertz CT molecular complexity index is 699. The van der Waals surface area contributed by atoms with E-state index in [4.69, 9.17) is 4.99 Å². The van der Waals surface area contributed by atoms with Gasteiger partial charge >= 0.3 is 0 Å². The summed E-state index contributed by atoms with van der Waals surface area (Å²) in [4.78, 5) is 18.3. The first-order valence-electron chi connectivity index (χ1n) is 9.59. The Balaban J connectivity index is 0.00000261. The van der Waals surface area contributed by atoms with Gasteiger partial charge in [-0.15, -0.1) is 24.0 Å². The van der Waals surface area contributed by atoms with Crippen molar-refractivity contribution in [3.05, 3.63) is 17.0 Å². The van der Waals surface area contributed by atoms with Gasteiger partial charge in [0.15, 0.2) is 5.96 Å². The maximum Gasteiger partial charge on any atom is 0.241 e. The summed E-state index contributed by atoms with van der Waals surface area (Å²) in [5, 5.41) is 11.3. The predicted molar refractivity (Wildman–Crippen MR) is 118 cm³/mol. The van der Waals surface area contributed by atoms with Crippen molar-refractivity contribution in [2.45, 2.75) is 52.1 Å². The average Bonchev–Trinajstić information content (AvgIpc) is 3.26. The van der Waals surface area contributed by atoms with Crippen LogP contribution in [0.1, 0.15) is 42.6 Å². The molecular weight excluding hydrogens is 455 g/mol. The SMILES string of the molecule is Cc1nn(C)c(C)c1CN=C(NCC(=O)N(C)C)NC1CC2CCC1C2.I. The molecule has 7 nitrogen and oxygen atoms in total. The summed E-state index contributed by atoms with van der Waals surface area (Å²) in [6.07, 6.45) is 5.24. The van der Waals surface area contributed by atoms with Crippen molar-refractivity contribution in [3.8, 4) is 0 Å². The number of nitrogens with one attached hydrogen (secondary N) is 2. The molecule has 0 aromatic carbocycles. The summed E-state index contributed by atoms with van der Waals surface area (Å²) in [5.41, 5.74) is 3.30. The van der Waals surface area contributed by atoms with Crippen molar-refractivity contribution in [3.63, 3.8) is 0 Å². The van der Waals surface area contributed by atoms with Gasteiger partial charge in [0.05, 0.1) is 18.8 Å². The number of aryl methyl sites for hydroxylation is 2. The first-order valence-corrected chi connectivity index (χ1v) is 9.59. The molecule has 2 aliphatic carbocycles. The fraction of sp³-hybridized carbons (Fsp3) is 0.737. The van der Waals surface area contributed by atoms with E-state index in [-0.39, 0.29) is 36.4 Å². The van der Waals surface area contributed by atoms with Gasteiger partial charge in [0.1, 0.15) is 0 Å². The standard InChI is InChI=1S/C19H32N6O.HI/c1-12-16(13(2)25(5)23-12)10-20-19(21-11-18(26)24(3)4)22-17-9-14-6-7-15(17)8-14;/h14-15,17H,6-11H2,1-5H3,(H2,20,21,22);1H. The van der Waals surface area contributed by atoms with E-state index in [0.717, 1.165) is 34.7 Å². The molecule has 3 unspecified atom stereocenters. The molecular formula is C19H33IN6O. The molecule has 2 N–H and O–H groups in total. The zero-order chi connectivity index (χ0) is 18.8. The van der Waals surface area contributed by atoms with Crippen LogP contribution < -0.4 is 10.6 Å². The highest BCUT2D eigenvalue weighted by atomic mass is 127. The maximum absolute atomic E-state index is 12.0. The molecule has 1 heterocycles. The molecule has 2 saturated carbocycles. The molecule has 8 heteroatoms. The number of aliphatic imine (C=N–C) groups is 1. The lowest BCUT2D eigenvalue weighted by Gasteiger charge is -2.25. The second-order valence-electron chi connectivity index (χ2n) is 8.01. The maximum atomic E-state index is 12.0. The molecule has 1 aromatic heterocycles. The lowest BCUT2D eigenvalue weighted by Crippen LogP contribution is -2.48. The van der Waals surface area contributed by atoms with E-state index in [9.17, 15) is 4.79 Å². The first kappa shape index (κ1) is 22.0. The Morgan fingerprint density at radius 1 is 1.30 bits per heavy atom. The minimum absolute atomic E-state index is 0. The molecule has 3 atom stereocenters. The summed E-state index contributed by atoms with van der Waals surface area (Å²) in [6, 6.07) is 0.477. The number of amides is 1. The van der Waals surface area contributed by atoms with E-state index >= 15 is 0 Å². The minimum Gasteiger partial charge on any atom is -0.353 e. The second kappa shape index (κ2) is 9.25. The number of aromatic nitrogens is 2. The molecule has 1 aromatic rings. The molecule has 152 valence electrons. The number of rotatable bonds is 5. The van der Waals surface area contributed by atoms with Crippen LogP contribution >= 0.6 is 24.0 Å². The van der Waals surface area contributed by atoms with Crippen LogP contribution in [0.5, 0.6) is 0 Å². The Labute approximate surface area is 179 Å². The molecule has 1 amide bonds. The predicted octanol–water partition coefficient (Wildman–Crippen LogP) is 1.97. The Hall–Kier alpha value is -1.32. The van der Waals surface area contributed by atoms with Crippen LogP contribution in [0.2, 0.25) is 0 Å². The van der Waals surface area contributed by atoms with E-state index in [2.05, 4.69) is 22.7 Å². The lowest BCUT2D eigenvalue weighted by molar-refractivity contribution is -0.127. The molecule has 27 heavy (non-hydrogen) atoms. The van der Waals surface area contributed by atoms with Gasteiger partial charge in [-0.05, 0) is 44.9 Å². The quantitative estimate of drug-likeness (QED) is 0.378. The zero-order valence-corrected chi connectivity index (χ0v) is 19.4. The van der Waals surface area contributed by atoms with Crippen molar-refractivity contribution >= 4 is 35.8 Å². The minimum atomic E-state index is 0. The van der Waals surface area contributed by atoms with Crippen molar-refractivity contribution in [1.29, 1.82) is 0 Å². The molecule has 0 saturated heterocycles. The lowest BCUT2D eigenvalue weighted by atomic mass is 9.95. The number of nitrogens with zero attached hydrogens (tertiary/aromatic N) is 4. The van der Waals surface area contributed by atoms with E-state index in [1.807, 2.05) is 18.7 Å². The number of hydrogen-bond acceptors (Lipinski definition) is 3. The Morgan fingerprint density at radius 2 is 2.04 bits per heavy atom. The average molecular weight is 488 g/mol. The van der Waals surface area contributed by atoms with Crippen LogP contribution in [-0.4, -0.2) is 53.2 Å². The van der Waals surface area contributed by atoms with Gasteiger partial charge in [0.2, 0.25) is 5.91 Å². The normalized spacial score (nSPS) is 23.9. The fourth-order valence-corrected chi connectivity index (χ4v) is 4.27. The smallest absolute Gasteiger partial charge is 0.241 e. The van der Waals surface area contributed by atoms with Gasteiger partial charge in [-0.2, -0.15) is 5.10 Å². The number of carbonyl (C=O) groups excluding carboxylic acids is 1. The molecule has 0 aliphatic heterocycles. The third kappa shape index (κ3) is 5.14. The van der Waals surface area contributed by atoms with Crippen LogP contribution in [0.3, 0.4) is 0 Å². The summed E-state index contributed by atoms with van der Waals surface area (Å²) < 4.78 is 1.90. The summed E-state index contributed by atoms with van der Waals surface area (Å²) >= 11 is 0. The Kier molecular flexibility index (Phi) is 7.53. The van der Waals surface area contributed by atoms with Gasteiger partial charge in [-0.1, -0.05) is 6.42 Å². The number of guanidine groups is 1. The van der Waals surface area contributed by atoms with Crippen LogP contribution in [0.25, 0.3) is 0 Å². The van der Waals surface area contributed by atoms with Crippen molar-refractivity contribution < 1.29 is 4.79 Å². The van der Waals surface area contributed by atoms with Gasteiger partial charge in [-0.3, -0.25) is 9.48 Å². The fourth-order valence-electron chi connectivity index (χ4n) is 4.27. The molecule has 0 spiro atoms. The van der Waals surface area contributed by atoms with Crippen LogP contribution in [0.15, 0.2) is 4.99 Å².